The summed E-state index contributed by atoms with van der Waals surface area (Å²) in [4.78, 5) is 37.7. The van der Waals surface area contributed by atoms with Gasteiger partial charge in [0.1, 0.15) is 12.2 Å². The van der Waals surface area contributed by atoms with E-state index in [9.17, 15) is 19.5 Å². The molecule has 0 saturated carbocycles. The number of alkyl carbamates (subject to hydrolysis) is 1. The van der Waals surface area contributed by atoms with E-state index in [0.717, 1.165) is 27.2 Å². The lowest BCUT2D eigenvalue weighted by Gasteiger charge is -2.25. The van der Waals surface area contributed by atoms with E-state index in [4.69, 9.17) is 9.47 Å². The molecule has 1 aliphatic carbocycles. The van der Waals surface area contributed by atoms with Crippen LogP contribution in [0.25, 0.3) is 11.1 Å². The SMILES string of the molecule is CC(C)(C)OC(=O)N[C@H]1C[C@H](C(=O)[O-])N(C(=O)OCC2c3ccccc3-c3ccccc32)C1. The van der Waals surface area contributed by atoms with Gasteiger partial charge in [0.05, 0.1) is 18.1 Å². The molecule has 2 amide bonds. The molecular formula is C25H27N2O6-. The summed E-state index contributed by atoms with van der Waals surface area (Å²) in [6.07, 6.45) is -1.40. The van der Waals surface area contributed by atoms with Crippen LogP contribution in [0.5, 0.6) is 0 Å². The van der Waals surface area contributed by atoms with E-state index in [2.05, 4.69) is 5.32 Å². The smallest absolute Gasteiger partial charge is 0.410 e. The van der Waals surface area contributed by atoms with Crippen LogP contribution < -0.4 is 10.4 Å². The molecule has 0 spiro atoms. The number of carbonyl (C=O) groups is 3. The second-order valence-electron chi connectivity index (χ2n) is 9.37. The first kappa shape index (κ1) is 22.6. The van der Waals surface area contributed by atoms with Crippen molar-refractivity contribution in [3.8, 4) is 11.1 Å². The predicted octanol–water partition coefficient (Wildman–Crippen LogP) is 2.65. The molecule has 0 unspecified atom stereocenters. The maximum atomic E-state index is 12.9. The topological polar surface area (TPSA) is 108 Å². The number of carboxylic acids is 1. The molecule has 2 atom stereocenters. The Labute approximate surface area is 192 Å². The fraction of sp³-hybridized carbons (Fsp3) is 0.400. The van der Waals surface area contributed by atoms with E-state index in [1.807, 2.05) is 48.5 Å². The number of aliphatic carboxylic acids is 1. The standard InChI is InChI=1S/C25H28N2O6/c1-25(2,3)33-23(30)26-15-12-21(22(28)29)27(13-15)24(31)32-14-20-18-10-6-4-8-16(18)17-9-5-7-11-19(17)20/h4-11,15,20-21H,12-14H2,1-3H3,(H,26,30)(H,28,29)/p-1/t15-,21+/m0/s1. The van der Waals surface area contributed by atoms with Crippen LogP contribution in [0, 0.1) is 0 Å². The van der Waals surface area contributed by atoms with Crippen LogP contribution in [0.1, 0.15) is 44.2 Å². The van der Waals surface area contributed by atoms with Crippen LogP contribution >= 0.6 is 0 Å². The second-order valence-corrected chi connectivity index (χ2v) is 9.37. The summed E-state index contributed by atoms with van der Waals surface area (Å²) in [5.74, 6) is -1.53. The number of rotatable bonds is 4. The number of benzene rings is 2. The van der Waals surface area contributed by atoms with Crippen molar-refractivity contribution in [2.45, 2.75) is 50.8 Å². The van der Waals surface area contributed by atoms with Gasteiger partial charge in [-0.25, -0.2) is 9.59 Å². The Morgan fingerprint density at radius 3 is 2.15 bits per heavy atom. The van der Waals surface area contributed by atoms with E-state index in [1.165, 1.54) is 0 Å². The number of nitrogens with one attached hydrogen (secondary N) is 1. The Hall–Kier alpha value is -3.55. The zero-order valence-corrected chi connectivity index (χ0v) is 18.9. The number of amides is 2. The third-order valence-electron chi connectivity index (χ3n) is 5.86. The summed E-state index contributed by atoms with van der Waals surface area (Å²) < 4.78 is 10.8. The highest BCUT2D eigenvalue weighted by Crippen LogP contribution is 2.44. The number of likely N-dealkylation sites (tertiary alicyclic amines) is 1. The van der Waals surface area contributed by atoms with E-state index in [1.54, 1.807) is 20.8 Å². The fourth-order valence-electron chi connectivity index (χ4n) is 4.52. The van der Waals surface area contributed by atoms with Crippen LogP contribution in [0.3, 0.4) is 0 Å². The Bertz CT molecular complexity index is 1030. The minimum atomic E-state index is -1.39. The minimum absolute atomic E-state index is 0.00539. The van der Waals surface area contributed by atoms with E-state index in [0.29, 0.717) is 0 Å². The van der Waals surface area contributed by atoms with Gasteiger partial charge >= 0.3 is 12.2 Å². The summed E-state index contributed by atoms with van der Waals surface area (Å²) in [6.45, 7) is 5.26. The van der Waals surface area contributed by atoms with Crippen LogP contribution in [0.15, 0.2) is 48.5 Å². The molecule has 174 valence electrons. The molecular weight excluding hydrogens is 424 g/mol. The van der Waals surface area contributed by atoms with Gasteiger partial charge in [0, 0.05) is 12.5 Å². The molecule has 1 fully saturated rings. The largest absolute Gasteiger partial charge is 0.548 e. The summed E-state index contributed by atoms with van der Waals surface area (Å²) in [5.41, 5.74) is 3.64. The lowest BCUT2D eigenvalue weighted by atomic mass is 9.98. The first-order valence-electron chi connectivity index (χ1n) is 11.0. The molecule has 4 rings (SSSR count). The molecule has 1 heterocycles. The Morgan fingerprint density at radius 1 is 1.03 bits per heavy atom. The quantitative estimate of drug-likeness (QED) is 0.766. The Balaban J connectivity index is 1.43. The van der Waals surface area contributed by atoms with Crippen molar-refractivity contribution in [2.24, 2.45) is 0 Å². The predicted molar refractivity (Wildman–Crippen MR) is 118 cm³/mol. The highest BCUT2D eigenvalue weighted by molar-refractivity contribution is 5.81. The van der Waals surface area contributed by atoms with Crippen LogP contribution in [-0.4, -0.2) is 53.9 Å². The average molecular weight is 451 g/mol. The van der Waals surface area contributed by atoms with E-state index >= 15 is 0 Å². The van der Waals surface area contributed by atoms with Gasteiger partial charge in [0.2, 0.25) is 0 Å². The van der Waals surface area contributed by atoms with Crippen molar-refractivity contribution >= 4 is 18.2 Å². The van der Waals surface area contributed by atoms with Crippen LogP contribution in [0.2, 0.25) is 0 Å². The number of nitrogens with zero attached hydrogens (tertiary/aromatic N) is 1. The summed E-state index contributed by atoms with van der Waals surface area (Å²) in [7, 11) is 0. The third-order valence-corrected chi connectivity index (χ3v) is 5.86. The molecule has 0 bridgehead atoms. The number of hydrogen-bond acceptors (Lipinski definition) is 6. The summed E-state index contributed by atoms with van der Waals surface area (Å²) >= 11 is 0. The highest BCUT2D eigenvalue weighted by atomic mass is 16.6. The highest BCUT2D eigenvalue weighted by Gasteiger charge is 2.39. The molecule has 33 heavy (non-hydrogen) atoms. The molecule has 0 radical (unpaired) electrons. The van der Waals surface area contributed by atoms with Gasteiger partial charge in [-0.1, -0.05) is 48.5 Å². The zero-order valence-electron chi connectivity index (χ0n) is 18.9. The third kappa shape index (κ3) is 4.79. The van der Waals surface area contributed by atoms with E-state index in [-0.39, 0.29) is 25.5 Å². The van der Waals surface area contributed by atoms with Gasteiger partial charge in [-0.2, -0.15) is 0 Å². The van der Waals surface area contributed by atoms with Crippen LogP contribution in [0.4, 0.5) is 9.59 Å². The van der Waals surface area contributed by atoms with Crippen molar-refractivity contribution in [1.82, 2.24) is 10.2 Å². The maximum absolute atomic E-state index is 12.9. The van der Waals surface area contributed by atoms with Crippen molar-refractivity contribution in [2.75, 3.05) is 13.2 Å². The Morgan fingerprint density at radius 2 is 1.61 bits per heavy atom. The number of carboxylic acid groups (broad SMARTS) is 1. The summed E-state index contributed by atoms with van der Waals surface area (Å²) in [5, 5.41) is 14.3. The number of fused-ring (bicyclic) bond motifs is 3. The molecule has 1 saturated heterocycles. The summed E-state index contributed by atoms with van der Waals surface area (Å²) in [6, 6.07) is 14.1. The van der Waals surface area contributed by atoms with Gasteiger partial charge in [0.15, 0.2) is 0 Å². The number of hydrogen-bond donors (Lipinski definition) is 1. The van der Waals surface area contributed by atoms with Gasteiger partial charge in [-0.15, -0.1) is 0 Å². The molecule has 1 N–H and O–H groups in total. The monoisotopic (exact) mass is 451 g/mol. The number of ether oxygens (including phenoxy) is 2. The van der Waals surface area contributed by atoms with Gasteiger partial charge in [0.25, 0.3) is 0 Å². The minimum Gasteiger partial charge on any atom is -0.548 e. The van der Waals surface area contributed by atoms with Gasteiger partial charge in [-0.3, -0.25) is 4.90 Å². The number of carbonyl (C=O) groups excluding carboxylic acids is 3. The molecule has 0 aromatic heterocycles. The van der Waals surface area contributed by atoms with Crippen molar-refractivity contribution < 1.29 is 29.0 Å². The lowest BCUT2D eigenvalue weighted by molar-refractivity contribution is -0.310. The zero-order chi connectivity index (χ0) is 23.8. The van der Waals surface area contributed by atoms with Crippen molar-refractivity contribution in [3.63, 3.8) is 0 Å². The van der Waals surface area contributed by atoms with Gasteiger partial charge in [-0.05, 0) is 49.4 Å². The van der Waals surface area contributed by atoms with Crippen molar-refractivity contribution in [3.05, 3.63) is 59.7 Å². The fourth-order valence-corrected chi connectivity index (χ4v) is 4.52. The molecule has 2 aliphatic rings. The lowest BCUT2D eigenvalue weighted by Crippen LogP contribution is -2.47. The molecule has 8 heteroatoms. The van der Waals surface area contributed by atoms with Gasteiger partial charge < -0.3 is 24.7 Å². The second kappa shape index (κ2) is 8.77. The molecule has 1 aliphatic heterocycles. The van der Waals surface area contributed by atoms with E-state index < -0.39 is 35.8 Å². The first-order valence-corrected chi connectivity index (χ1v) is 11.0. The van der Waals surface area contributed by atoms with Crippen LogP contribution in [-0.2, 0) is 14.3 Å². The molecule has 8 nitrogen and oxygen atoms in total. The first-order chi connectivity index (χ1) is 15.6. The van der Waals surface area contributed by atoms with Crippen molar-refractivity contribution in [1.29, 1.82) is 0 Å². The molecule has 2 aromatic carbocycles. The molecule has 2 aromatic rings. The Kier molecular flexibility index (Phi) is 6.01. The average Bonchev–Trinajstić information content (AvgIpc) is 3.30. The normalized spacial score (nSPS) is 19.5. The maximum Gasteiger partial charge on any atom is 0.410 e.